The van der Waals surface area contributed by atoms with Crippen LogP contribution in [0.2, 0.25) is 0 Å². The first-order valence-corrected chi connectivity index (χ1v) is 11.6. The first-order chi connectivity index (χ1) is 17.6. The number of benzene rings is 1. The lowest BCUT2D eigenvalue weighted by Crippen LogP contribution is -2.36. The predicted octanol–water partition coefficient (Wildman–Crippen LogP) is 3.69. The Labute approximate surface area is 206 Å². The second-order valence-corrected chi connectivity index (χ2v) is 8.29. The maximum Gasteiger partial charge on any atom is 0.229 e. The molecule has 1 aliphatic heterocycles. The summed E-state index contributed by atoms with van der Waals surface area (Å²) in [6, 6.07) is 7.98. The second kappa shape index (κ2) is 10.9. The number of nitrogens with one attached hydrogen (secondary N) is 1. The van der Waals surface area contributed by atoms with E-state index in [4.69, 9.17) is 14.2 Å². The van der Waals surface area contributed by atoms with Crippen LogP contribution in [0, 0.1) is 11.6 Å². The summed E-state index contributed by atoms with van der Waals surface area (Å²) in [5.74, 6) is -0.389. The molecule has 5 rings (SSSR count). The fourth-order valence-corrected chi connectivity index (χ4v) is 3.95. The molecule has 9 nitrogen and oxygen atoms in total. The van der Waals surface area contributed by atoms with Gasteiger partial charge in [0.1, 0.15) is 23.9 Å². The number of methoxy groups -OCH3 is 1. The molecule has 0 saturated carbocycles. The van der Waals surface area contributed by atoms with Crippen LogP contribution in [0.1, 0.15) is 5.56 Å². The molecule has 0 bridgehead atoms. The summed E-state index contributed by atoms with van der Waals surface area (Å²) in [5, 5.41) is 3.83. The van der Waals surface area contributed by atoms with Gasteiger partial charge in [0.05, 0.1) is 37.4 Å². The van der Waals surface area contributed by atoms with Gasteiger partial charge in [-0.1, -0.05) is 0 Å². The van der Waals surface area contributed by atoms with Crippen molar-refractivity contribution in [1.29, 1.82) is 0 Å². The zero-order chi connectivity index (χ0) is 24.9. The van der Waals surface area contributed by atoms with Gasteiger partial charge in [-0.05, 0) is 24.3 Å². The number of anilines is 2. The van der Waals surface area contributed by atoms with Crippen LogP contribution < -0.4 is 10.1 Å². The summed E-state index contributed by atoms with van der Waals surface area (Å²) in [4.78, 5) is 15.1. The van der Waals surface area contributed by atoms with Crippen LogP contribution in [0.3, 0.4) is 0 Å². The summed E-state index contributed by atoms with van der Waals surface area (Å²) in [6.45, 7) is 3.50. The third kappa shape index (κ3) is 5.43. The third-order valence-corrected chi connectivity index (χ3v) is 5.85. The quantitative estimate of drug-likeness (QED) is 0.351. The van der Waals surface area contributed by atoms with E-state index in [1.165, 1.54) is 12.1 Å². The highest BCUT2D eigenvalue weighted by atomic mass is 19.1. The number of nitrogens with zero attached hydrogens (tertiary/aromatic N) is 5. The topological polar surface area (TPSA) is 86.6 Å². The first-order valence-electron chi connectivity index (χ1n) is 11.6. The molecule has 1 fully saturated rings. The van der Waals surface area contributed by atoms with E-state index in [2.05, 4.69) is 20.3 Å². The van der Waals surface area contributed by atoms with Crippen LogP contribution in [-0.4, -0.2) is 71.0 Å². The van der Waals surface area contributed by atoms with Crippen molar-refractivity contribution in [1.82, 2.24) is 24.4 Å². The highest BCUT2D eigenvalue weighted by molar-refractivity contribution is 5.78. The molecule has 3 aromatic heterocycles. The van der Waals surface area contributed by atoms with E-state index in [1.807, 2.05) is 4.90 Å². The number of hydrogen-bond acceptors (Lipinski definition) is 8. The van der Waals surface area contributed by atoms with Crippen LogP contribution >= 0.6 is 0 Å². The van der Waals surface area contributed by atoms with Gasteiger partial charge < -0.3 is 24.1 Å². The molecule has 1 aromatic carbocycles. The fraction of sp³-hybridized carbons (Fsp3) is 0.320. The molecule has 1 saturated heterocycles. The Morgan fingerprint density at radius 3 is 2.56 bits per heavy atom. The van der Waals surface area contributed by atoms with Crippen LogP contribution in [0.15, 0.2) is 48.9 Å². The van der Waals surface area contributed by atoms with E-state index in [0.717, 1.165) is 5.39 Å². The minimum Gasteiger partial charge on any atom is -0.475 e. The van der Waals surface area contributed by atoms with Gasteiger partial charge in [-0.25, -0.2) is 18.7 Å². The molecule has 1 aliphatic rings. The van der Waals surface area contributed by atoms with Crippen LogP contribution in [0.4, 0.5) is 20.4 Å². The standard InChI is InChI=1S/C25H26F2N6O3/c1-34-10-11-36-23-3-2-18(15-28-23)30-25-29-14-17-4-5-33(24(17)31-25)19-12-21(26)20(22(27)13-19)16-32-6-8-35-9-7-32/h2-5,12-15H,6-11,16H2,1H3,(H,29,30,31). The monoisotopic (exact) mass is 496 g/mol. The average Bonchev–Trinajstić information content (AvgIpc) is 3.31. The lowest BCUT2D eigenvalue weighted by molar-refractivity contribution is 0.0332. The zero-order valence-corrected chi connectivity index (χ0v) is 19.8. The number of ether oxygens (including phenoxy) is 3. The van der Waals surface area contributed by atoms with Crippen molar-refractivity contribution in [3.05, 3.63) is 66.1 Å². The highest BCUT2D eigenvalue weighted by Crippen LogP contribution is 2.25. The number of pyridine rings is 1. The van der Waals surface area contributed by atoms with E-state index >= 15 is 0 Å². The molecular formula is C25H26F2N6O3. The molecule has 0 aliphatic carbocycles. The predicted molar refractivity (Wildman–Crippen MR) is 130 cm³/mol. The van der Waals surface area contributed by atoms with Gasteiger partial charge in [0.15, 0.2) is 0 Å². The lowest BCUT2D eigenvalue weighted by atomic mass is 10.1. The van der Waals surface area contributed by atoms with Crippen LogP contribution in [-0.2, 0) is 16.0 Å². The van der Waals surface area contributed by atoms with E-state index < -0.39 is 11.6 Å². The van der Waals surface area contributed by atoms with Gasteiger partial charge in [-0.3, -0.25) is 4.90 Å². The number of fused-ring (bicyclic) bond motifs is 1. The molecule has 0 atom stereocenters. The van der Waals surface area contributed by atoms with E-state index in [9.17, 15) is 8.78 Å². The van der Waals surface area contributed by atoms with Gasteiger partial charge in [0.25, 0.3) is 0 Å². The van der Waals surface area contributed by atoms with Crippen molar-refractivity contribution in [2.24, 2.45) is 0 Å². The van der Waals surface area contributed by atoms with Crippen molar-refractivity contribution >= 4 is 22.7 Å². The zero-order valence-electron chi connectivity index (χ0n) is 19.8. The molecule has 0 amide bonds. The van der Waals surface area contributed by atoms with Gasteiger partial charge >= 0.3 is 0 Å². The Bertz CT molecular complexity index is 1300. The number of morpholine rings is 1. The number of halogens is 2. The third-order valence-electron chi connectivity index (χ3n) is 5.85. The van der Waals surface area contributed by atoms with Crippen molar-refractivity contribution < 1.29 is 23.0 Å². The summed E-state index contributed by atoms with van der Waals surface area (Å²) in [5.41, 5.74) is 1.57. The molecule has 4 aromatic rings. The summed E-state index contributed by atoms with van der Waals surface area (Å²) in [6.07, 6.45) is 4.97. The largest absolute Gasteiger partial charge is 0.475 e. The van der Waals surface area contributed by atoms with E-state index in [1.54, 1.807) is 48.5 Å². The second-order valence-electron chi connectivity index (χ2n) is 8.29. The lowest BCUT2D eigenvalue weighted by Gasteiger charge is -2.27. The van der Waals surface area contributed by atoms with Gasteiger partial charge in [0, 0.05) is 56.2 Å². The molecular weight excluding hydrogens is 470 g/mol. The molecule has 36 heavy (non-hydrogen) atoms. The van der Waals surface area contributed by atoms with E-state index in [0.29, 0.717) is 68.4 Å². The summed E-state index contributed by atoms with van der Waals surface area (Å²) in [7, 11) is 1.60. The molecule has 1 N–H and O–H groups in total. The Kier molecular flexibility index (Phi) is 7.31. The Balaban J connectivity index is 1.35. The number of rotatable bonds is 9. The maximum atomic E-state index is 15.0. The minimum absolute atomic E-state index is 0.0521. The molecule has 4 heterocycles. The Morgan fingerprint density at radius 1 is 1.03 bits per heavy atom. The van der Waals surface area contributed by atoms with Gasteiger partial charge in [-0.2, -0.15) is 4.98 Å². The summed E-state index contributed by atoms with van der Waals surface area (Å²) >= 11 is 0. The van der Waals surface area contributed by atoms with Crippen molar-refractivity contribution in [2.75, 3.05) is 51.9 Å². The molecule has 0 unspecified atom stereocenters. The highest BCUT2D eigenvalue weighted by Gasteiger charge is 2.18. The van der Waals surface area contributed by atoms with Crippen molar-refractivity contribution in [2.45, 2.75) is 6.54 Å². The summed E-state index contributed by atoms with van der Waals surface area (Å²) < 4.78 is 47.3. The first kappa shape index (κ1) is 24.0. The normalized spacial score (nSPS) is 14.3. The SMILES string of the molecule is COCCOc1ccc(Nc2ncc3ccn(-c4cc(F)c(CN5CCOCC5)c(F)c4)c3n2)cn1. The maximum absolute atomic E-state index is 15.0. The van der Waals surface area contributed by atoms with Crippen LogP contribution in [0.5, 0.6) is 5.88 Å². The van der Waals surface area contributed by atoms with Crippen molar-refractivity contribution in [3.8, 4) is 11.6 Å². The van der Waals surface area contributed by atoms with Crippen LogP contribution in [0.25, 0.3) is 16.7 Å². The molecule has 0 radical (unpaired) electrons. The van der Waals surface area contributed by atoms with Crippen molar-refractivity contribution in [3.63, 3.8) is 0 Å². The smallest absolute Gasteiger partial charge is 0.229 e. The van der Waals surface area contributed by atoms with E-state index in [-0.39, 0.29) is 12.1 Å². The number of aromatic nitrogens is 4. The Hall–Kier alpha value is -3.67. The molecule has 0 spiro atoms. The fourth-order valence-electron chi connectivity index (χ4n) is 3.95. The number of hydrogen-bond donors (Lipinski definition) is 1. The van der Waals surface area contributed by atoms with Gasteiger partial charge in [-0.15, -0.1) is 0 Å². The van der Waals surface area contributed by atoms with Gasteiger partial charge in [0.2, 0.25) is 11.8 Å². The Morgan fingerprint density at radius 2 is 1.83 bits per heavy atom. The molecule has 11 heteroatoms. The molecule has 188 valence electrons. The average molecular weight is 497 g/mol. The minimum atomic E-state index is -0.593.